The fourth-order valence-electron chi connectivity index (χ4n) is 1.57. The van der Waals surface area contributed by atoms with E-state index in [9.17, 15) is 4.79 Å². The van der Waals surface area contributed by atoms with Gasteiger partial charge in [-0.2, -0.15) is 0 Å². The maximum atomic E-state index is 11.9. The second-order valence-corrected chi connectivity index (χ2v) is 4.86. The summed E-state index contributed by atoms with van der Waals surface area (Å²) in [5.74, 6) is -0.120. The van der Waals surface area contributed by atoms with Crippen molar-refractivity contribution in [2.45, 2.75) is 13.3 Å². The molecule has 0 aliphatic carbocycles. The lowest BCUT2D eigenvalue weighted by molar-refractivity contribution is 0.0957. The zero-order valence-electron chi connectivity index (χ0n) is 10.0. The zero-order valence-corrected chi connectivity index (χ0v) is 10.8. The summed E-state index contributed by atoms with van der Waals surface area (Å²) in [6, 6.07) is 3.86. The van der Waals surface area contributed by atoms with Crippen LogP contribution in [0.25, 0.3) is 0 Å². The molecule has 0 aliphatic rings. The number of amides is 1. The van der Waals surface area contributed by atoms with Crippen LogP contribution >= 0.6 is 11.3 Å². The lowest BCUT2D eigenvalue weighted by atomic mass is 10.2. The third-order valence-electron chi connectivity index (χ3n) is 2.44. The Balaban J connectivity index is 1.87. The Morgan fingerprint density at radius 1 is 1.56 bits per heavy atom. The van der Waals surface area contributed by atoms with Crippen molar-refractivity contribution in [2.24, 2.45) is 0 Å². The van der Waals surface area contributed by atoms with E-state index in [0.717, 1.165) is 12.0 Å². The molecule has 2 heterocycles. The molecule has 0 aromatic carbocycles. The Bertz CT molecular complexity index is 538. The number of hydrogen-bond donors (Lipinski definition) is 2. The van der Waals surface area contributed by atoms with Crippen LogP contribution in [0.4, 0.5) is 5.13 Å². The third-order valence-corrected chi connectivity index (χ3v) is 3.43. The standard InChI is InChI=1S/C12H14N4OS/c1-8-10(18-12(13)16-8)11(17)15-6-4-9-3-2-5-14-7-9/h2-3,5,7H,4,6H2,1H3,(H2,13,16)(H,15,17). The Labute approximate surface area is 109 Å². The molecule has 2 aromatic rings. The highest BCUT2D eigenvalue weighted by Crippen LogP contribution is 2.19. The van der Waals surface area contributed by atoms with Gasteiger partial charge in [0.2, 0.25) is 0 Å². The monoisotopic (exact) mass is 262 g/mol. The SMILES string of the molecule is Cc1nc(N)sc1C(=O)NCCc1cccnc1. The van der Waals surface area contributed by atoms with Gasteiger partial charge in [-0.3, -0.25) is 9.78 Å². The summed E-state index contributed by atoms with van der Waals surface area (Å²) in [7, 11) is 0. The summed E-state index contributed by atoms with van der Waals surface area (Å²) in [6.45, 7) is 2.35. The van der Waals surface area contributed by atoms with Crippen LogP contribution in [0.5, 0.6) is 0 Å². The van der Waals surface area contributed by atoms with Gasteiger partial charge in [0.05, 0.1) is 5.69 Å². The normalized spacial score (nSPS) is 10.3. The van der Waals surface area contributed by atoms with Crippen molar-refractivity contribution in [3.63, 3.8) is 0 Å². The van der Waals surface area contributed by atoms with Crippen LogP contribution in [-0.4, -0.2) is 22.4 Å². The Morgan fingerprint density at radius 2 is 2.39 bits per heavy atom. The maximum Gasteiger partial charge on any atom is 0.263 e. The van der Waals surface area contributed by atoms with Gasteiger partial charge in [0.25, 0.3) is 5.91 Å². The number of aromatic nitrogens is 2. The number of hydrogen-bond acceptors (Lipinski definition) is 5. The lowest BCUT2D eigenvalue weighted by Crippen LogP contribution is -2.25. The van der Waals surface area contributed by atoms with Gasteiger partial charge >= 0.3 is 0 Å². The largest absolute Gasteiger partial charge is 0.375 e. The van der Waals surface area contributed by atoms with Crippen LogP contribution in [0.2, 0.25) is 0 Å². The van der Waals surface area contributed by atoms with E-state index in [1.165, 1.54) is 11.3 Å². The summed E-state index contributed by atoms with van der Waals surface area (Å²) >= 11 is 1.21. The van der Waals surface area contributed by atoms with Gasteiger partial charge in [0.1, 0.15) is 4.88 Å². The number of carbonyl (C=O) groups excluding carboxylic acids is 1. The molecule has 18 heavy (non-hydrogen) atoms. The summed E-state index contributed by atoms with van der Waals surface area (Å²) in [6.07, 6.45) is 4.28. The van der Waals surface area contributed by atoms with Gasteiger partial charge in [-0.05, 0) is 25.0 Å². The number of thiazole rings is 1. The zero-order chi connectivity index (χ0) is 13.0. The molecular weight excluding hydrogens is 248 g/mol. The molecule has 0 saturated heterocycles. The van der Waals surface area contributed by atoms with Crippen molar-refractivity contribution in [3.05, 3.63) is 40.7 Å². The van der Waals surface area contributed by atoms with Gasteiger partial charge in [-0.1, -0.05) is 17.4 Å². The first-order valence-electron chi connectivity index (χ1n) is 5.57. The third kappa shape index (κ3) is 3.04. The number of rotatable bonds is 4. The molecule has 2 aromatic heterocycles. The van der Waals surface area contributed by atoms with Gasteiger partial charge in [-0.25, -0.2) is 4.98 Å². The number of carbonyl (C=O) groups is 1. The molecule has 0 unspecified atom stereocenters. The molecule has 94 valence electrons. The first-order chi connectivity index (χ1) is 8.66. The molecular formula is C12H14N4OS. The van der Waals surface area contributed by atoms with E-state index >= 15 is 0 Å². The fraction of sp³-hybridized carbons (Fsp3) is 0.250. The minimum atomic E-state index is -0.120. The van der Waals surface area contributed by atoms with Crippen molar-refractivity contribution in [3.8, 4) is 0 Å². The van der Waals surface area contributed by atoms with Crippen LogP contribution in [0.3, 0.4) is 0 Å². The molecule has 0 fully saturated rings. The van der Waals surface area contributed by atoms with E-state index in [1.54, 1.807) is 19.3 Å². The van der Waals surface area contributed by atoms with E-state index in [-0.39, 0.29) is 5.91 Å². The Kier molecular flexibility index (Phi) is 3.88. The highest BCUT2D eigenvalue weighted by atomic mass is 32.1. The van der Waals surface area contributed by atoms with Crippen LogP contribution in [0.15, 0.2) is 24.5 Å². The quantitative estimate of drug-likeness (QED) is 0.872. The minimum Gasteiger partial charge on any atom is -0.375 e. The first-order valence-corrected chi connectivity index (χ1v) is 6.38. The van der Waals surface area contributed by atoms with E-state index in [0.29, 0.717) is 22.2 Å². The highest BCUT2D eigenvalue weighted by molar-refractivity contribution is 7.17. The first kappa shape index (κ1) is 12.5. The van der Waals surface area contributed by atoms with E-state index < -0.39 is 0 Å². The van der Waals surface area contributed by atoms with Crippen LogP contribution in [-0.2, 0) is 6.42 Å². The van der Waals surface area contributed by atoms with Crippen molar-refractivity contribution in [1.82, 2.24) is 15.3 Å². The molecule has 0 aliphatic heterocycles. The maximum absolute atomic E-state index is 11.9. The average molecular weight is 262 g/mol. The number of anilines is 1. The number of nitrogen functional groups attached to an aromatic ring is 1. The van der Waals surface area contributed by atoms with Gasteiger partial charge in [-0.15, -0.1) is 0 Å². The molecule has 3 N–H and O–H groups in total. The topological polar surface area (TPSA) is 80.9 Å². The summed E-state index contributed by atoms with van der Waals surface area (Å²) in [5, 5.41) is 3.27. The molecule has 0 bridgehead atoms. The second kappa shape index (κ2) is 5.59. The summed E-state index contributed by atoms with van der Waals surface area (Å²) < 4.78 is 0. The Morgan fingerprint density at radius 3 is 3.00 bits per heavy atom. The summed E-state index contributed by atoms with van der Waals surface area (Å²) in [5.41, 5.74) is 7.33. The van der Waals surface area contributed by atoms with Crippen LogP contribution in [0.1, 0.15) is 20.9 Å². The number of pyridine rings is 1. The number of nitrogens with zero attached hydrogens (tertiary/aromatic N) is 2. The minimum absolute atomic E-state index is 0.120. The molecule has 6 heteroatoms. The van der Waals surface area contributed by atoms with Crippen molar-refractivity contribution in [2.75, 3.05) is 12.3 Å². The van der Waals surface area contributed by atoms with E-state index in [1.807, 2.05) is 12.1 Å². The van der Waals surface area contributed by atoms with E-state index in [4.69, 9.17) is 5.73 Å². The molecule has 0 radical (unpaired) electrons. The van der Waals surface area contributed by atoms with Gasteiger partial charge in [0, 0.05) is 18.9 Å². The molecule has 0 spiro atoms. The number of nitrogens with two attached hydrogens (primary N) is 1. The predicted molar refractivity (Wildman–Crippen MR) is 71.5 cm³/mol. The lowest BCUT2D eigenvalue weighted by Gasteiger charge is -2.03. The predicted octanol–water partition coefficient (Wildman–Crippen LogP) is 1.40. The number of nitrogens with one attached hydrogen (secondary N) is 1. The molecule has 2 rings (SSSR count). The molecule has 0 saturated carbocycles. The molecule has 0 atom stereocenters. The highest BCUT2D eigenvalue weighted by Gasteiger charge is 2.13. The smallest absolute Gasteiger partial charge is 0.263 e. The van der Waals surface area contributed by atoms with Crippen molar-refractivity contribution < 1.29 is 4.79 Å². The summed E-state index contributed by atoms with van der Waals surface area (Å²) in [4.78, 5) is 20.5. The van der Waals surface area contributed by atoms with Crippen molar-refractivity contribution >= 4 is 22.4 Å². The van der Waals surface area contributed by atoms with Crippen LogP contribution < -0.4 is 11.1 Å². The second-order valence-electron chi connectivity index (χ2n) is 3.83. The van der Waals surface area contributed by atoms with Crippen LogP contribution in [0, 0.1) is 6.92 Å². The Hall–Kier alpha value is -1.95. The van der Waals surface area contributed by atoms with E-state index in [2.05, 4.69) is 15.3 Å². The molecule has 1 amide bonds. The van der Waals surface area contributed by atoms with Gasteiger partial charge < -0.3 is 11.1 Å². The molecule has 5 nitrogen and oxygen atoms in total. The van der Waals surface area contributed by atoms with Crippen molar-refractivity contribution in [1.29, 1.82) is 0 Å². The number of aryl methyl sites for hydroxylation is 1. The van der Waals surface area contributed by atoms with Gasteiger partial charge in [0.15, 0.2) is 5.13 Å². The fourth-order valence-corrected chi connectivity index (χ4v) is 2.32. The average Bonchev–Trinajstić information content (AvgIpc) is 2.70.